The Labute approximate surface area is 103 Å². The van der Waals surface area contributed by atoms with Crippen LogP contribution in [0.3, 0.4) is 0 Å². The summed E-state index contributed by atoms with van der Waals surface area (Å²) in [5, 5.41) is 2.44. The lowest BCUT2D eigenvalue weighted by Gasteiger charge is -2.08. The summed E-state index contributed by atoms with van der Waals surface area (Å²) in [6.07, 6.45) is -0.124. The summed E-state index contributed by atoms with van der Waals surface area (Å²) in [7, 11) is 1.52. The Hall–Kier alpha value is -2.37. The number of carbonyl (C=O) groups is 3. The van der Waals surface area contributed by atoms with E-state index in [1.807, 2.05) is 0 Å². The van der Waals surface area contributed by atoms with Gasteiger partial charge in [-0.1, -0.05) is 0 Å². The smallest absolute Gasteiger partial charge is 0.336 e. The van der Waals surface area contributed by atoms with Gasteiger partial charge >= 0.3 is 11.9 Å². The quantitative estimate of drug-likeness (QED) is 0.614. The number of benzene rings is 1. The van der Waals surface area contributed by atoms with Crippen LogP contribution in [-0.4, -0.2) is 31.0 Å². The molecule has 1 saturated heterocycles. The number of nitrogens with one attached hydrogen (secondary N) is 1. The van der Waals surface area contributed by atoms with Crippen molar-refractivity contribution in [2.75, 3.05) is 7.11 Å². The van der Waals surface area contributed by atoms with Gasteiger partial charge in [-0.3, -0.25) is 9.59 Å². The van der Waals surface area contributed by atoms with E-state index in [9.17, 15) is 14.4 Å². The Morgan fingerprint density at radius 2 is 2.00 bits per heavy atom. The number of esters is 2. The van der Waals surface area contributed by atoms with Crippen molar-refractivity contribution in [2.24, 2.45) is 0 Å². The van der Waals surface area contributed by atoms with E-state index in [1.165, 1.54) is 7.11 Å². The molecule has 1 atom stereocenters. The summed E-state index contributed by atoms with van der Waals surface area (Å²) in [5.74, 6) is -1.15. The molecule has 1 aromatic rings. The van der Waals surface area contributed by atoms with Crippen LogP contribution in [0.25, 0.3) is 0 Å². The minimum absolute atomic E-state index is 0.124. The predicted molar refractivity (Wildman–Crippen MR) is 60.0 cm³/mol. The maximum Gasteiger partial charge on any atom is 0.336 e. The Kier molecular flexibility index (Phi) is 3.27. The molecule has 0 spiro atoms. The summed E-state index contributed by atoms with van der Waals surface area (Å²) in [4.78, 5) is 33.8. The first-order valence-electron chi connectivity index (χ1n) is 5.29. The van der Waals surface area contributed by atoms with Crippen LogP contribution in [0.1, 0.15) is 16.8 Å². The molecule has 0 aliphatic carbocycles. The van der Waals surface area contributed by atoms with Crippen molar-refractivity contribution in [1.82, 2.24) is 5.32 Å². The standard InChI is InChI=1S/C12H11NO5/c1-17-8-4-2-7(3-5-8)11(15)13-9-6-10(14)18-12(9)16/h2-5,9H,6H2,1H3,(H,13,15)/t9-/m1/s1. The monoisotopic (exact) mass is 249 g/mol. The van der Waals surface area contributed by atoms with Crippen LogP contribution in [0.5, 0.6) is 5.75 Å². The molecule has 6 heteroatoms. The lowest BCUT2D eigenvalue weighted by atomic mass is 10.1. The number of methoxy groups -OCH3 is 1. The summed E-state index contributed by atoms with van der Waals surface area (Å²) in [5.41, 5.74) is 0.378. The van der Waals surface area contributed by atoms with E-state index in [-0.39, 0.29) is 6.42 Å². The number of hydrogen-bond donors (Lipinski definition) is 1. The number of carbonyl (C=O) groups excluding carboxylic acids is 3. The molecule has 1 N–H and O–H groups in total. The molecule has 2 rings (SSSR count). The molecule has 1 amide bonds. The van der Waals surface area contributed by atoms with Crippen LogP contribution in [0.2, 0.25) is 0 Å². The maximum atomic E-state index is 11.8. The SMILES string of the molecule is COc1ccc(C(=O)N[C@@H]2CC(=O)OC2=O)cc1. The molecule has 0 aromatic heterocycles. The van der Waals surface area contributed by atoms with E-state index >= 15 is 0 Å². The summed E-state index contributed by atoms with van der Waals surface area (Å²) in [6, 6.07) is 5.50. The lowest BCUT2D eigenvalue weighted by Crippen LogP contribution is -2.37. The zero-order valence-electron chi connectivity index (χ0n) is 9.64. The second-order valence-corrected chi connectivity index (χ2v) is 3.75. The second-order valence-electron chi connectivity index (χ2n) is 3.75. The topological polar surface area (TPSA) is 81.7 Å². The van der Waals surface area contributed by atoms with Crippen LogP contribution in [0.4, 0.5) is 0 Å². The van der Waals surface area contributed by atoms with Crippen LogP contribution in [-0.2, 0) is 14.3 Å². The van der Waals surface area contributed by atoms with Gasteiger partial charge in [0.05, 0.1) is 13.5 Å². The van der Waals surface area contributed by atoms with Crippen molar-refractivity contribution in [1.29, 1.82) is 0 Å². The average molecular weight is 249 g/mol. The van der Waals surface area contributed by atoms with Gasteiger partial charge in [0.1, 0.15) is 11.8 Å². The maximum absolute atomic E-state index is 11.8. The Morgan fingerprint density at radius 1 is 1.33 bits per heavy atom. The van der Waals surface area contributed by atoms with E-state index < -0.39 is 23.9 Å². The fraction of sp³-hybridized carbons (Fsp3) is 0.250. The van der Waals surface area contributed by atoms with Crippen molar-refractivity contribution in [3.8, 4) is 5.75 Å². The highest BCUT2D eigenvalue weighted by atomic mass is 16.6. The fourth-order valence-electron chi connectivity index (χ4n) is 1.57. The number of amides is 1. The third-order valence-electron chi connectivity index (χ3n) is 2.53. The minimum atomic E-state index is -0.896. The molecule has 0 radical (unpaired) electrons. The molecule has 0 bridgehead atoms. The van der Waals surface area contributed by atoms with E-state index in [1.54, 1.807) is 24.3 Å². The number of hydrogen-bond acceptors (Lipinski definition) is 5. The molecule has 1 fully saturated rings. The molecule has 6 nitrogen and oxygen atoms in total. The highest BCUT2D eigenvalue weighted by Crippen LogP contribution is 2.13. The second kappa shape index (κ2) is 4.87. The van der Waals surface area contributed by atoms with Gasteiger partial charge < -0.3 is 14.8 Å². The largest absolute Gasteiger partial charge is 0.497 e. The van der Waals surface area contributed by atoms with E-state index in [0.29, 0.717) is 11.3 Å². The highest BCUT2D eigenvalue weighted by molar-refractivity contribution is 6.02. The first kappa shape index (κ1) is 12.1. The molecule has 18 heavy (non-hydrogen) atoms. The molecular weight excluding hydrogens is 238 g/mol. The first-order chi connectivity index (χ1) is 8.60. The molecule has 1 aliphatic rings. The minimum Gasteiger partial charge on any atom is -0.497 e. The Bertz CT molecular complexity index is 494. The van der Waals surface area contributed by atoms with Gasteiger partial charge in [0.2, 0.25) is 0 Å². The number of cyclic esters (lactones) is 2. The van der Waals surface area contributed by atoms with Crippen LogP contribution < -0.4 is 10.1 Å². The highest BCUT2D eigenvalue weighted by Gasteiger charge is 2.34. The van der Waals surface area contributed by atoms with Crippen molar-refractivity contribution in [3.63, 3.8) is 0 Å². The van der Waals surface area contributed by atoms with E-state index in [0.717, 1.165) is 0 Å². The molecule has 0 unspecified atom stereocenters. The van der Waals surface area contributed by atoms with Gasteiger partial charge in [0.25, 0.3) is 5.91 Å². The molecule has 1 aliphatic heterocycles. The molecular formula is C12H11NO5. The lowest BCUT2D eigenvalue weighted by molar-refractivity contribution is -0.152. The van der Waals surface area contributed by atoms with Crippen molar-refractivity contribution in [2.45, 2.75) is 12.5 Å². The average Bonchev–Trinajstić information content (AvgIpc) is 2.68. The van der Waals surface area contributed by atoms with Gasteiger partial charge in [-0.05, 0) is 24.3 Å². The molecule has 1 heterocycles. The molecule has 1 aromatic carbocycles. The van der Waals surface area contributed by atoms with Gasteiger partial charge in [0.15, 0.2) is 0 Å². The van der Waals surface area contributed by atoms with Gasteiger partial charge in [-0.2, -0.15) is 0 Å². The van der Waals surface area contributed by atoms with Crippen molar-refractivity contribution >= 4 is 17.8 Å². The van der Waals surface area contributed by atoms with Crippen LogP contribution in [0, 0.1) is 0 Å². The zero-order chi connectivity index (χ0) is 13.1. The Balaban J connectivity index is 2.03. The van der Waals surface area contributed by atoms with Gasteiger partial charge in [-0.25, -0.2) is 4.79 Å². The van der Waals surface area contributed by atoms with E-state index in [2.05, 4.69) is 10.1 Å². The predicted octanol–water partition coefficient (Wildman–Crippen LogP) is 0.267. The number of ether oxygens (including phenoxy) is 2. The van der Waals surface area contributed by atoms with E-state index in [4.69, 9.17) is 4.74 Å². The fourth-order valence-corrected chi connectivity index (χ4v) is 1.57. The Morgan fingerprint density at radius 3 is 2.50 bits per heavy atom. The normalized spacial score (nSPS) is 18.4. The van der Waals surface area contributed by atoms with Crippen LogP contribution in [0.15, 0.2) is 24.3 Å². The molecule has 94 valence electrons. The third kappa shape index (κ3) is 2.48. The van der Waals surface area contributed by atoms with Gasteiger partial charge in [0, 0.05) is 5.56 Å². The first-order valence-corrected chi connectivity index (χ1v) is 5.29. The van der Waals surface area contributed by atoms with Crippen molar-refractivity contribution in [3.05, 3.63) is 29.8 Å². The van der Waals surface area contributed by atoms with Gasteiger partial charge in [-0.15, -0.1) is 0 Å². The summed E-state index contributed by atoms with van der Waals surface area (Å²) >= 11 is 0. The summed E-state index contributed by atoms with van der Waals surface area (Å²) in [6.45, 7) is 0. The summed E-state index contributed by atoms with van der Waals surface area (Å²) < 4.78 is 9.30. The van der Waals surface area contributed by atoms with Crippen LogP contribution >= 0.6 is 0 Å². The third-order valence-corrected chi connectivity index (χ3v) is 2.53. The molecule has 0 saturated carbocycles. The number of rotatable bonds is 3. The van der Waals surface area contributed by atoms with Crippen molar-refractivity contribution < 1.29 is 23.9 Å². The zero-order valence-corrected chi connectivity index (χ0v) is 9.64.